The largest absolute Gasteiger partial charge is 0.462 e. The summed E-state index contributed by atoms with van der Waals surface area (Å²) in [5.74, 6) is 0. The minimum atomic E-state index is 0.0856. The lowest BCUT2D eigenvalue weighted by molar-refractivity contribution is 0.287. The highest BCUT2D eigenvalue weighted by molar-refractivity contribution is 7.80. The predicted octanol–water partition coefficient (Wildman–Crippen LogP) is 0.446. The summed E-state index contributed by atoms with van der Waals surface area (Å²) >= 11 is 4.68. The minimum absolute atomic E-state index is 0.0856. The van der Waals surface area contributed by atoms with Crippen LogP contribution in [0.2, 0.25) is 0 Å². The van der Waals surface area contributed by atoms with E-state index in [1.807, 2.05) is 0 Å². The molecule has 0 saturated carbocycles. The van der Waals surface area contributed by atoms with E-state index in [1.54, 1.807) is 6.08 Å². The van der Waals surface area contributed by atoms with E-state index in [0.29, 0.717) is 5.17 Å². The molecule has 0 spiro atoms. The lowest BCUT2D eigenvalue weighted by Gasteiger charge is -1.97. The SMILES string of the molecule is C=C[C@H]1CNC(=S)O1. The summed E-state index contributed by atoms with van der Waals surface area (Å²) in [5, 5.41) is 3.34. The van der Waals surface area contributed by atoms with Gasteiger partial charge in [-0.1, -0.05) is 6.58 Å². The van der Waals surface area contributed by atoms with Crippen molar-refractivity contribution in [2.45, 2.75) is 6.10 Å². The van der Waals surface area contributed by atoms with Crippen molar-refractivity contribution in [2.24, 2.45) is 0 Å². The predicted molar refractivity (Wildman–Crippen MR) is 35.7 cm³/mol. The Morgan fingerprint density at radius 3 is 3.00 bits per heavy atom. The van der Waals surface area contributed by atoms with Gasteiger partial charge in [0.15, 0.2) is 0 Å². The lowest BCUT2D eigenvalue weighted by atomic mass is 10.4. The molecule has 1 heterocycles. The van der Waals surface area contributed by atoms with Gasteiger partial charge < -0.3 is 10.1 Å². The molecule has 0 bridgehead atoms. The third-order valence-corrected chi connectivity index (χ3v) is 1.21. The maximum absolute atomic E-state index is 5.01. The van der Waals surface area contributed by atoms with Crippen LogP contribution in [0.4, 0.5) is 0 Å². The van der Waals surface area contributed by atoms with Gasteiger partial charge in [0.05, 0.1) is 6.54 Å². The normalized spacial score (nSPS) is 26.5. The second-order valence-corrected chi connectivity index (χ2v) is 1.93. The molecule has 2 nitrogen and oxygen atoms in total. The number of hydrogen-bond acceptors (Lipinski definition) is 2. The molecule has 44 valence electrons. The average Bonchev–Trinajstić information content (AvgIpc) is 2.14. The Balaban J connectivity index is 2.43. The standard InChI is InChI=1S/C5H7NOS/c1-2-4-3-6-5(8)7-4/h2,4H,1,3H2,(H,6,8)/t4-/m0/s1. The highest BCUT2D eigenvalue weighted by Crippen LogP contribution is 1.99. The van der Waals surface area contributed by atoms with Crippen molar-refractivity contribution >= 4 is 17.4 Å². The number of thiocarbonyl (C=S) groups is 1. The molecule has 1 atom stereocenters. The van der Waals surface area contributed by atoms with Gasteiger partial charge in [-0.15, -0.1) is 0 Å². The molecule has 1 fully saturated rings. The Labute approximate surface area is 53.5 Å². The molecule has 1 saturated heterocycles. The summed E-state index contributed by atoms with van der Waals surface area (Å²) < 4.78 is 5.01. The Bertz CT molecular complexity index is 124. The fourth-order valence-electron chi connectivity index (χ4n) is 0.536. The van der Waals surface area contributed by atoms with Crippen LogP contribution in [0, 0.1) is 0 Å². The van der Waals surface area contributed by atoms with E-state index in [-0.39, 0.29) is 6.10 Å². The zero-order chi connectivity index (χ0) is 5.98. The fourth-order valence-corrected chi connectivity index (χ4v) is 0.743. The molecule has 8 heavy (non-hydrogen) atoms. The summed E-state index contributed by atoms with van der Waals surface area (Å²) in [7, 11) is 0. The van der Waals surface area contributed by atoms with Crippen molar-refractivity contribution < 1.29 is 4.74 Å². The van der Waals surface area contributed by atoms with E-state index in [9.17, 15) is 0 Å². The van der Waals surface area contributed by atoms with E-state index in [2.05, 4.69) is 24.1 Å². The number of rotatable bonds is 1. The average molecular weight is 129 g/mol. The van der Waals surface area contributed by atoms with Crippen LogP contribution in [-0.4, -0.2) is 17.8 Å². The first kappa shape index (κ1) is 5.56. The van der Waals surface area contributed by atoms with Gasteiger partial charge in [0.1, 0.15) is 6.10 Å². The van der Waals surface area contributed by atoms with Crippen LogP contribution in [0.3, 0.4) is 0 Å². The van der Waals surface area contributed by atoms with Crippen molar-refractivity contribution in [3.63, 3.8) is 0 Å². The molecule has 1 rings (SSSR count). The highest BCUT2D eigenvalue weighted by Gasteiger charge is 2.14. The quantitative estimate of drug-likeness (QED) is 0.410. The Kier molecular flexibility index (Phi) is 1.48. The van der Waals surface area contributed by atoms with Gasteiger partial charge in [-0.2, -0.15) is 0 Å². The Morgan fingerprint density at radius 1 is 2.00 bits per heavy atom. The smallest absolute Gasteiger partial charge is 0.257 e. The third kappa shape index (κ3) is 0.980. The van der Waals surface area contributed by atoms with Crippen LogP contribution < -0.4 is 5.32 Å². The second kappa shape index (κ2) is 2.13. The molecular weight excluding hydrogens is 122 g/mol. The van der Waals surface area contributed by atoms with Gasteiger partial charge in [-0.25, -0.2) is 0 Å². The molecule has 3 heteroatoms. The molecule has 0 aromatic carbocycles. The van der Waals surface area contributed by atoms with Crippen molar-refractivity contribution in [1.29, 1.82) is 0 Å². The molecule has 1 N–H and O–H groups in total. The summed E-state index contributed by atoms with van der Waals surface area (Å²) in [5.41, 5.74) is 0. The first-order valence-electron chi connectivity index (χ1n) is 2.40. The molecule has 1 aliphatic heterocycles. The number of hydrogen-bond donors (Lipinski definition) is 1. The van der Waals surface area contributed by atoms with E-state index < -0.39 is 0 Å². The van der Waals surface area contributed by atoms with Crippen LogP contribution in [0.5, 0.6) is 0 Å². The van der Waals surface area contributed by atoms with Crippen LogP contribution in [0.15, 0.2) is 12.7 Å². The molecular formula is C5H7NOS. The summed E-state index contributed by atoms with van der Waals surface area (Å²) in [6, 6.07) is 0. The second-order valence-electron chi connectivity index (χ2n) is 1.56. The monoisotopic (exact) mass is 129 g/mol. The molecule has 0 amide bonds. The van der Waals surface area contributed by atoms with E-state index in [4.69, 9.17) is 4.74 Å². The minimum Gasteiger partial charge on any atom is -0.462 e. The van der Waals surface area contributed by atoms with Crippen molar-refractivity contribution in [3.8, 4) is 0 Å². The molecule has 0 aliphatic carbocycles. The molecule has 0 aromatic heterocycles. The maximum atomic E-state index is 5.01. The molecule has 0 radical (unpaired) electrons. The van der Waals surface area contributed by atoms with Gasteiger partial charge in [-0.05, 0) is 18.3 Å². The van der Waals surface area contributed by atoms with Gasteiger partial charge in [0.25, 0.3) is 5.17 Å². The first-order chi connectivity index (χ1) is 3.83. The van der Waals surface area contributed by atoms with E-state index in [1.165, 1.54) is 0 Å². The van der Waals surface area contributed by atoms with Gasteiger partial charge in [0, 0.05) is 0 Å². The van der Waals surface area contributed by atoms with Crippen LogP contribution in [0.1, 0.15) is 0 Å². The van der Waals surface area contributed by atoms with Crippen LogP contribution in [0.25, 0.3) is 0 Å². The Morgan fingerprint density at radius 2 is 2.75 bits per heavy atom. The topological polar surface area (TPSA) is 21.3 Å². The van der Waals surface area contributed by atoms with E-state index in [0.717, 1.165) is 6.54 Å². The zero-order valence-electron chi connectivity index (χ0n) is 4.39. The van der Waals surface area contributed by atoms with Crippen molar-refractivity contribution in [3.05, 3.63) is 12.7 Å². The van der Waals surface area contributed by atoms with Crippen LogP contribution >= 0.6 is 12.2 Å². The summed E-state index contributed by atoms with van der Waals surface area (Å²) in [6.07, 6.45) is 1.81. The van der Waals surface area contributed by atoms with Crippen molar-refractivity contribution in [2.75, 3.05) is 6.54 Å². The van der Waals surface area contributed by atoms with Crippen LogP contribution in [-0.2, 0) is 4.74 Å². The molecule has 0 aromatic rings. The fraction of sp³-hybridized carbons (Fsp3) is 0.400. The first-order valence-corrected chi connectivity index (χ1v) is 2.81. The number of ether oxygens (including phenoxy) is 1. The highest BCUT2D eigenvalue weighted by atomic mass is 32.1. The maximum Gasteiger partial charge on any atom is 0.257 e. The summed E-state index contributed by atoms with van der Waals surface area (Å²) in [4.78, 5) is 0. The zero-order valence-corrected chi connectivity index (χ0v) is 5.20. The Hall–Kier alpha value is -0.570. The van der Waals surface area contributed by atoms with Gasteiger partial charge in [0.2, 0.25) is 0 Å². The van der Waals surface area contributed by atoms with Gasteiger partial charge >= 0.3 is 0 Å². The molecule has 1 aliphatic rings. The number of nitrogens with one attached hydrogen (secondary N) is 1. The van der Waals surface area contributed by atoms with Gasteiger partial charge in [-0.3, -0.25) is 0 Å². The third-order valence-electron chi connectivity index (χ3n) is 0.969. The summed E-state index contributed by atoms with van der Waals surface area (Å²) in [6.45, 7) is 4.32. The molecule has 0 unspecified atom stereocenters. The van der Waals surface area contributed by atoms with Crippen molar-refractivity contribution in [1.82, 2.24) is 5.32 Å². The lowest BCUT2D eigenvalue weighted by Crippen LogP contribution is -2.13. The van der Waals surface area contributed by atoms with E-state index >= 15 is 0 Å².